The van der Waals surface area contributed by atoms with E-state index in [-0.39, 0.29) is 17.9 Å². The highest BCUT2D eigenvalue weighted by Crippen LogP contribution is 2.30. The van der Waals surface area contributed by atoms with Crippen molar-refractivity contribution in [3.63, 3.8) is 0 Å². The van der Waals surface area contributed by atoms with Crippen LogP contribution in [0, 0.1) is 17.0 Å². The highest BCUT2D eigenvalue weighted by atomic mass is 16.6. The van der Waals surface area contributed by atoms with Crippen LogP contribution in [0.4, 0.5) is 11.4 Å². The molecule has 1 aromatic heterocycles. The number of carbonyl (C=O) groups is 1. The summed E-state index contributed by atoms with van der Waals surface area (Å²) in [5.74, 6) is 0.315. The first kappa shape index (κ1) is 20.5. The molecule has 0 atom stereocenters. The van der Waals surface area contributed by atoms with Gasteiger partial charge in [-0.25, -0.2) is 9.78 Å². The van der Waals surface area contributed by atoms with Crippen LogP contribution >= 0.6 is 0 Å². The Labute approximate surface area is 178 Å². The Balaban J connectivity index is 1.48. The van der Waals surface area contributed by atoms with Crippen LogP contribution in [-0.2, 0) is 16.1 Å². The van der Waals surface area contributed by atoms with E-state index in [1.807, 2.05) is 35.2 Å². The van der Waals surface area contributed by atoms with Crippen LogP contribution < -0.4 is 4.90 Å². The largest absolute Gasteiger partial charge is 0.455 e. The fraction of sp³-hybridized carbons (Fsp3) is 0.273. The second-order valence-corrected chi connectivity index (χ2v) is 7.02. The van der Waals surface area contributed by atoms with E-state index in [1.165, 1.54) is 12.1 Å². The van der Waals surface area contributed by atoms with Crippen LogP contribution in [0.1, 0.15) is 21.8 Å². The third kappa shape index (κ3) is 4.56. The number of oxazole rings is 1. The molecule has 0 radical (unpaired) electrons. The highest BCUT2D eigenvalue weighted by Gasteiger charge is 2.24. The maximum atomic E-state index is 12.5. The summed E-state index contributed by atoms with van der Waals surface area (Å²) in [6.45, 7) is 3.76. The third-order valence-electron chi connectivity index (χ3n) is 5.01. The predicted octanol–water partition coefficient (Wildman–Crippen LogP) is 3.75. The Hall–Kier alpha value is -3.72. The van der Waals surface area contributed by atoms with Crippen LogP contribution in [-0.4, -0.2) is 42.2 Å². The lowest BCUT2D eigenvalue weighted by Gasteiger charge is -2.28. The van der Waals surface area contributed by atoms with Crippen LogP contribution in [0.15, 0.2) is 52.9 Å². The van der Waals surface area contributed by atoms with Gasteiger partial charge in [-0.15, -0.1) is 0 Å². The number of hydrogen-bond donors (Lipinski definition) is 0. The molecule has 1 aliphatic heterocycles. The summed E-state index contributed by atoms with van der Waals surface area (Å²) in [6, 6.07) is 13.8. The van der Waals surface area contributed by atoms with E-state index in [0.717, 1.165) is 5.56 Å². The minimum Gasteiger partial charge on any atom is -0.455 e. The Kier molecular flexibility index (Phi) is 5.94. The topological polar surface area (TPSA) is 108 Å². The molecule has 4 rings (SSSR count). The molecule has 2 aromatic carbocycles. The van der Waals surface area contributed by atoms with Crippen molar-refractivity contribution in [1.82, 2.24) is 4.98 Å². The fourth-order valence-corrected chi connectivity index (χ4v) is 3.35. The molecule has 9 nitrogen and oxygen atoms in total. The summed E-state index contributed by atoms with van der Waals surface area (Å²) >= 11 is 0. The van der Waals surface area contributed by atoms with E-state index < -0.39 is 10.9 Å². The number of hydrogen-bond acceptors (Lipinski definition) is 8. The molecule has 0 aliphatic carbocycles. The van der Waals surface area contributed by atoms with Crippen molar-refractivity contribution >= 4 is 17.3 Å². The minimum atomic E-state index is -0.666. The summed E-state index contributed by atoms with van der Waals surface area (Å²) in [4.78, 5) is 29.9. The van der Waals surface area contributed by atoms with Crippen LogP contribution in [0.5, 0.6) is 0 Å². The number of nitro benzene ring substituents is 1. The molecule has 0 spiro atoms. The third-order valence-corrected chi connectivity index (χ3v) is 5.01. The molecule has 3 aromatic rings. The molecule has 0 N–H and O–H groups in total. The Morgan fingerprint density at radius 1 is 1.19 bits per heavy atom. The van der Waals surface area contributed by atoms with Gasteiger partial charge >= 0.3 is 5.97 Å². The molecule has 1 saturated heterocycles. The van der Waals surface area contributed by atoms with Crippen molar-refractivity contribution < 1.29 is 23.6 Å². The first-order valence-electron chi connectivity index (χ1n) is 9.83. The van der Waals surface area contributed by atoms with Gasteiger partial charge < -0.3 is 18.8 Å². The highest BCUT2D eigenvalue weighted by molar-refractivity contribution is 5.91. The van der Waals surface area contributed by atoms with Crippen LogP contribution in [0.25, 0.3) is 11.5 Å². The van der Waals surface area contributed by atoms with Gasteiger partial charge in [-0.05, 0) is 31.2 Å². The number of carbonyl (C=O) groups excluding carboxylic acids is 1. The second-order valence-electron chi connectivity index (χ2n) is 7.02. The standard InChI is InChI=1S/C22H21N3O6/c1-15-18(23-21(31-15)16-5-3-2-4-6-16)14-30-22(26)17-7-8-19(20(13-17)25(27)28)24-9-11-29-12-10-24/h2-8,13H,9-12,14H2,1H3. The number of benzene rings is 2. The number of morpholine rings is 1. The number of anilines is 1. The second kappa shape index (κ2) is 8.97. The maximum absolute atomic E-state index is 12.5. The summed E-state index contributed by atoms with van der Waals surface area (Å²) < 4.78 is 16.3. The average molecular weight is 423 g/mol. The summed E-state index contributed by atoms with van der Waals surface area (Å²) in [6.07, 6.45) is 0. The smallest absolute Gasteiger partial charge is 0.338 e. The summed E-state index contributed by atoms with van der Waals surface area (Å²) in [5, 5.41) is 11.6. The fourth-order valence-electron chi connectivity index (χ4n) is 3.35. The van der Waals surface area contributed by atoms with Crippen molar-refractivity contribution in [3.05, 3.63) is 75.7 Å². The lowest BCUT2D eigenvalue weighted by atomic mass is 10.1. The zero-order valence-corrected chi connectivity index (χ0v) is 16.9. The number of rotatable bonds is 6. The van der Waals surface area contributed by atoms with Gasteiger partial charge in [0.05, 0.1) is 23.7 Å². The van der Waals surface area contributed by atoms with E-state index in [0.29, 0.717) is 49.3 Å². The lowest BCUT2D eigenvalue weighted by Crippen LogP contribution is -2.36. The van der Waals surface area contributed by atoms with Crippen molar-refractivity contribution in [2.24, 2.45) is 0 Å². The molecular weight excluding hydrogens is 402 g/mol. The van der Waals surface area contributed by atoms with E-state index >= 15 is 0 Å². The summed E-state index contributed by atoms with van der Waals surface area (Å²) in [5.41, 5.74) is 1.74. The molecule has 1 fully saturated rings. The van der Waals surface area contributed by atoms with E-state index in [2.05, 4.69) is 4.98 Å². The van der Waals surface area contributed by atoms with Gasteiger partial charge in [0.15, 0.2) is 0 Å². The Morgan fingerprint density at radius 2 is 1.94 bits per heavy atom. The first-order chi connectivity index (χ1) is 15.0. The zero-order chi connectivity index (χ0) is 21.8. The number of esters is 1. The molecule has 31 heavy (non-hydrogen) atoms. The van der Waals surface area contributed by atoms with Gasteiger partial charge in [0, 0.05) is 24.7 Å². The maximum Gasteiger partial charge on any atom is 0.338 e. The Bertz CT molecular complexity index is 1090. The molecule has 0 saturated carbocycles. The van der Waals surface area contributed by atoms with Gasteiger partial charge in [-0.2, -0.15) is 0 Å². The van der Waals surface area contributed by atoms with Gasteiger partial charge in [-0.3, -0.25) is 10.1 Å². The minimum absolute atomic E-state index is 0.0972. The molecule has 0 bridgehead atoms. The number of aryl methyl sites for hydroxylation is 1. The molecule has 160 valence electrons. The van der Waals surface area contributed by atoms with Crippen LogP contribution in [0.2, 0.25) is 0 Å². The van der Waals surface area contributed by atoms with Crippen molar-refractivity contribution in [1.29, 1.82) is 0 Å². The molecule has 1 aliphatic rings. The van der Waals surface area contributed by atoms with E-state index in [4.69, 9.17) is 13.9 Å². The number of aromatic nitrogens is 1. The molecule has 9 heteroatoms. The van der Waals surface area contributed by atoms with Gasteiger partial charge in [0.2, 0.25) is 5.89 Å². The SMILES string of the molecule is Cc1oc(-c2ccccc2)nc1COC(=O)c1ccc(N2CCOCC2)c([N+](=O)[O-])c1. The van der Waals surface area contributed by atoms with Crippen molar-refractivity contribution in [2.75, 3.05) is 31.2 Å². The van der Waals surface area contributed by atoms with Crippen molar-refractivity contribution in [2.45, 2.75) is 13.5 Å². The van der Waals surface area contributed by atoms with Gasteiger partial charge in [-0.1, -0.05) is 18.2 Å². The van der Waals surface area contributed by atoms with Gasteiger partial charge in [0.1, 0.15) is 23.7 Å². The summed E-state index contributed by atoms with van der Waals surface area (Å²) in [7, 11) is 0. The monoisotopic (exact) mass is 423 g/mol. The number of nitrogens with zero attached hydrogens (tertiary/aromatic N) is 3. The quantitative estimate of drug-likeness (QED) is 0.335. The van der Waals surface area contributed by atoms with E-state index in [1.54, 1.807) is 13.0 Å². The average Bonchev–Trinajstić information content (AvgIpc) is 3.18. The van der Waals surface area contributed by atoms with Crippen molar-refractivity contribution in [3.8, 4) is 11.5 Å². The normalized spacial score (nSPS) is 13.8. The predicted molar refractivity (Wildman–Crippen MR) is 112 cm³/mol. The van der Waals surface area contributed by atoms with Gasteiger partial charge in [0.25, 0.3) is 5.69 Å². The molecule has 0 amide bonds. The van der Waals surface area contributed by atoms with Crippen LogP contribution in [0.3, 0.4) is 0 Å². The first-order valence-corrected chi connectivity index (χ1v) is 9.83. The number of nitro groups is 1. The molecule has 2 heterocycles. The number of ether oxygens (including phenoxy) is 2. The molecular formula is C22H21N3O6. The molecule has 0 unspecified atom stereocenters. The Morgan fingerprint density at radius 3 is 2.65 bits per heavy atom. The lowest BCUT2D eigenvalue weighted by molar-refractivity contribution is -0.384. The zero-order valence-electron chi connectivity index (χ0n) is 16.9. The van der Waals surface area contributed by atoms with E-state index in [9.17, 15) is 14.9 Å².